The summed E-state index contributed by atoms with van der Waals surface area (Å²) in [7, 11) is 0. The van der Waals surface area contributed by atoms with E-state index in [0.29, 0.717) is 28.7 Å². The van der Waals surface area contributed by atoms with Crippen molar-refractivity contribution in [2.24, 2.45) is 0 Å². The molecule has 0 saturated carbocycles. The highest BCUT2D eigenvalue weighted by atomic mass is 32.2. The maximum Gasteiger partial charge on any atom is 0.272 e. The molecule has 0 fully saturated rings. The molecule has 24 heavy (non-hydrogen) atoms. The SMILES string of the molecule is CCN(C(=O)CSc1nc2ccsc2c(=O)n1CC)C1=CCCC1. The van der Waals surface area contributed by atoms with Gasteiger partial charge in [-0.15, -0.1) is 11.3 Å². The van der Waals surface area contributed by atoms with Gasteiger partial charge in [-0.3, -0.25) is 14.2 Å². The van der Waals surface area contributed by atoms with Gasteiger partial charge in [0.05, 0.1) is 11.3 Å². The van der Waals surface area contributed by atoms with E-state index in [2.05, 4.69) is 11.1 Å². The molecule has 7 heteroatoms. The molecule has 0 atom stereocenters. The molecule has 0 N–H and O–H groups in total. The summed E-state index contributed by atoms with van der Waals surface area (Å²) < 4.78 is 2.33. The number of allylic oxidation sites excluding steroid dienone is 2. The Kier molecular flexibility index (Phi) is 5.40. The van der Waals surface area contributed by atoms with Crippen molar-refractivity contribution in [1.29, 1.82) is 0 Å². The lowest BCUT2D eigenvalue weighted by molar-refractivity contribution is -0.126. The molecule has 1 aliphatic rings. The molecular weight excluding hydrogens is 342 g/mol. The van der Waals surface area contributed by atoms with E-state index in [4.69, 9.17) is 0 Å². The molecule has 2 aromatic rings. The number of rotatable bonds is 6. The van der Waals surface area contributed by atoms with Gasteiger partial charge in [-0.1, -0.05) is 17.8 Å². The first-order valence-electron chi connectivity index (χ1n) is 8.26. The molecule has 5 nitrogen and oxygen atoms in total. The van der Waals surface area contributed by atoms with Crippen molar-refractivity contribution in [2.75, 3.05) is 12.3 Å². The Morgan fingerprint density at radius 3 is 2.96 bits per heavy atom. The summed E-state index contributed by atoms with van der Waals surface area (Å²) in [6.45, 7) is 5.16. The standard InChI is InChI=1S/C17H21N3O2S2/c1-3-19(12-7-5-6-8-12)14(21)11-24-17-18-13-9-10-23-15(13)16(22)20(17)4-2/h7,9-10H,3-6,8,11H2,1-2H3. The van der Waals surface area contributed by atoms with Crippen LogP contribution in [0.15, 0.2) is 33.2 Å². The second kappa shape index (κ2) is 7.53. The molecule has 0 aromatic carbocycles. The number of amides is 1. The van der Waals surface area contributed by atoms with E-state index in [0.717, 1.165) is 30.5 Å². The van der Waals surface area contributed by atoms with Crippen LogP contribution in [0.3, 0.4) is 0 Å². The van der Waals surface area contributed by atoms with Gasteiger partial charge in [0.1, 0.15) is 4.70 Å². The van der Waals surface area contributed by atoms with Crippen LogP contribution in [0.2, 0.25) is 0 Å². The molecule has 0 aliphatic heterocycles. The second-order valence-corrected chi connectivity index (χ2v) is 7.45. The fourth-order valence-corrected chi connectivity index (χ4v) is 4.67. The lowest BCUT2D eigenvalue weighted by Crippen LogP contribution is -2.31. The average Bonchev–Trinajstić information content (AvgIpc) is 3.25. The van der Waals surface area contributed by atoms with E-state index in [1.165, 1.54) is 23.1 Å². The van der Waals surface area contributed by atoms with E-state index in [1.54, 1.807) is 4.57 Å². The van der Waals surface area contributed by atoms with Gasteiger partial charge in [-0.2, -0.15) is 0 Å². The highest BCUT2D eigenvalue weighted by Crippen LogP contribution is 2.24. The zero-order valence-electron chi connectivity index (χ0n) is 13.9. The molecule has 3 rings (SSSR count). The Morgan fingerprint density at radius 2 is 2.29 bits per heavy atom. The van der Waals surface area contributed by atoms with Gasteiger partial charge in [0.15, 0.2) is 5.16 Å². The summed E-state index contributed by atoms with van der Waals surface area (Å²) in [4.78, 5) is 31.5. The quantitative estimate of drug-likeness (QED) is 0.582. The number of nitrogens with zero attached hydrogens (tertiary/aromatic N) is 3. The van der Waals surface area contributed by atoms with Crippen molar-refractivity contribution in [3.8, 4) is 0 Å². The van der Waals surface area contributed by atoms with Crippen LogP contribution in [-0.2, 0) is 11.3 Å². The Balaban J connectivity index is 1.79. The van der Waals surface area contributed by atoms with Crippen LogP contribution in [-0.4, -0.2) is 32.7 Å². The zero-order valence-corrected chi connectivity index (χ0v) is 15.6. The van der Waals surface area contributed by atoms with Crippen LogP contribution >= 0.6 is 23.1 Å². The average molecular weight is 364 g/mol. The molecule has 0 spiro atoms. The number of hydrogen-bond acceptors (Lipinski definition) is 5. The smallest absolute Gasteiger partial charge is 0.272 e. The van der Waals surface area contributed by atoms with E-state index in [9.17, 15) is 9.59 Å². The molecule has 128 valence electrons. The van der Waals surface area contributed by atoms with Gasteiger partial charge < -0.3 is 4.90 Å². The van der Waals surface area contributed by atoms with Crippen LogP contribution in [0.5, 0.6) is 0 Å². The van der Waals surface area contributed by atoms with Crippen LogP contribution < -0.4 is 5.56 Å². The van der Waals surface area contributed by atoms with Gasteiger partial charge in [-0.05, 0) is 44.6 Å². The van der Waals surface area contributed by atoms with Gasteiger partial charge in [0.25, 0.3) is 5.56 Å². The Morgan fingerprint density at radius 1 is 1.46 bits per heavy atom. The van der Waals surface area contributed by atoms with Gasteiger partial charge in [0.2, 0.25) is 5.91 Å². The third-order valence-electron chi connectivity index (χ3n) is 4.15. The first kappa shape index (κ1) is 17.2. The Labute approximate surface area is 149 Å². The Bertz CT molecular complexity index is 838. The monoisotopic (exact) mass is 363 g/mol. The highest BCUT2D eigenvalue weighted by Gasteiger charge is 2.20. The van der Waals surface area contributed by atoms with E-state index in [1.807, 2.05) is 30.2 Å². The van der Waals surface area contributed by atoms with Crippen molar-refractivity contribution in [1.82, 2.24) is 14.5 Å². The minimum absolute atomic E-state index is 0.0155. The molecule has 2 aromatic heterocycles. The molecule has 0 saturated heterocycles. The fraction of sp³-hybridized carbons (Fsp3) is 0.471. The zero-order chi connectivity index (χ0) is 17.1. The third-order valence-corrected chi connectivity index (χ3v) is 6.01. The summed E-state index contributed by atoms with van der Waals surface area (Å²) in [5.41, 5.74) is 1.84. The van der Waals surface area contributed by atoms with Crippen LogP contribution in [0.4, 0.5) is 0 Å². The lowest BCUT2D eigenvalue weighted by Gasteiger charge is -2.22. The van der Waals surface area contributed by atoms with Gasteiger partial charge in [-0.25, -0.2) is 4.98 Å². The molecule has 0 radical (unpaired) electrons. The number of aromatic nitrogens is 2. The number of carbonyl (C=O) groups excluding carboxylic acids is 1. The van der Waals surface area contributed by atoms with Crippen molar-refractivity contribution >= 4 is 39.2 Å². The Hall–Kier alpha value is -1.60. The second-order valence-electron chi connectivity index (χ2n) is 5.59. The number of thiophene rings is 1. The number of carbonyl (C=O) groups is 1. The maximum absolute atomic E-state index is 12.6. The summed E-state index contributed by atoms with van der Waals surface area (Å²) >= 11 is 2.77. The van der Waals surface area contributed by atoms with Crippen molar-refractivity contribution < 1.29 is 4.79 Å². The topological polar surface area (TPSA) is 55.2 Å². The lowest BCUT2D eigenvalue weighted by atomic mass is 10.3. The van der Waals surface area contributed by atoms with Gasteiger partial charge >= 0.3 is 0 Å². The number of fused-ring (bicyclic) bond motifs is 1. The summed E-state index contributed by atoms with van der Waals surface area (Å²) in [6, 6.07) is 1.86. The normalized spacial score (nSPS) is 14.2. The first-order chi connectivity index (χ1) is 11.7. The van der Waals surface area contributed by atoms with E-state index < -0.39 is 0 Å². The first-order valence-corrected chi connectivity index (χ1v) is 10.1. The fourth-order valence-electron chi connectivity index (χ4n) is 2.96. The largest absolute Gasteiger partial charge is 0.316 e. The predicted molar refractivity (Wildman–Crippen MR) is 99.6 cm³/mol. The molecular formula is C17H21N3O2S2. The minimum atomic E-state index is -0.0155. The molecule has 1 amide bonds. The van der Waals surface area contributed by atoms with Crippen LogP contribution in [0.25, 0.3) is 10.2 Å². The minimum Gasteiger partial charge on any atom is -0.316 e. The van der Waals surface area contributed by atoms with Crippen molar-refractivity contribution in [3.63, 3.8) is 0 Å². The van der Waals surface area contributed by atoms with Crippen LogP contribution in [0.1, 0.15) is 33.1 Å². The van der Waals surface area contributed by atoms with Crippen molar-refractivity contribution in [3.05, 3.63) is 33.6 Å². The van der Waals surface area contributed by atoms with Crippen molar-refractivity contribution in [2.45, 2.75) is 44.8 Å². The van der Waals surface area contributed by atoms with E-state index >= 15 is 0 Å². The molecule has 0 bridgehead atoms. The predicted octanol–water partition coefficient (Wildman–Crippen LogP) is 3.49. The molecule has 2 heterocycles. The maximum atomic E-state index is 12.6. The van der Waals surface area contributed by atoms with Gasteiger partial charge in [0, 0.05) is 18.8 Å². The third kappa shape index (κ3) is 3.28. The molecule has 1 aliphatic carbocycles. The summed E-state index contributed by atoms with van der Waals surface area (Å²) in [5.74, 6) is 0.380. The molecule has 0 unspecified atom stereocenters. The number of thioether (sulfide) groups is 1. The summed E-state index contributed by atoms with van der Waals surface area (Å²) in [6.07, 6.45) is 5.31. The van der Waals surface area contributed by atoms with E-state index in [-0.39, 0.29) is 11.5 Å². The highest BCUT2D eigenvalue weighted by molar-refractivity contribution is 7.99. The number of hydrogen-bond donors (Lipinski definition) is 0. The summed E-state index contributed by atoms with van der Waals surface area (Å²) in [5, 5.41) is 2.50. The van der Waals surface area contributed by atoms with Crippen LogP contribution in [0, 0.1) is 0 Å².